The Hall–Kier alpha value is -3.27. The molecule has 7 heteroatoms. The number of amides is 1. The molecule has 0 fully saturated rings. The molecule has 0 saturated carbocycles. The van der Waals surface area contributed by atoms with Crippen molar-refractivity contribution in [1.82, 2.24) is 0 Å². The molecule has 34 heavy (non-hydrogen) atoms. The lowest BCUT2D eigenvalue weighted by molar-refractivity contribution is -0.112. The maximum atomic E-state index is 12.6. The average Bonchev–Trinajstić information content (AvgIpc) is 2.80. The molecule has 1 amide bonds. The SMILES string of the molecule is CCOc1cc(/C=C(\C#N)C(=O)Nc2ccc(Br)cc2)cc(Cl)c1OCc1ccc(C)c(C)c1. The Labute approximate surface area is 213 Å². The number of benzene rings is 3. The van der Waals surface area contributed by atoms with Crippen molar-refractivity contribution in [3.63, 3.8) is 0 Å². The van der Waals surface area contributed by atoms with Crippen molar-refractivity contribution < 1.29 is 14.3 Å². The molecule has 174 valence electrons. The van der Waals surface area contributed by atoms with Crippen molar-refractivity contribution in [2.45, 2.75) is 27.4 Å². The Morgan fingerprint density at radius 1 is 1.09 bits per heavy atom. The Morgan fingerprint density at radius 3 is 2.47 bits per heavy atom. The first-order valence-electron chi connectivity index (χ1n) is 10.6. The molecule has 0 heterocycles. The van der Waals surface area contributed by atoms with E-state index in [9.17, 15) is 10.1 Å². The molecule has 0 unspecified atom stereocenters. The van der Waals surface area contributed by atoms with Crippen molar-refractivity contribution >= 4 is 45.2 Å². The zero-order chi connectivity index (χ0) is 24.7. The third kappa shape index (κ3) is 6.63. The van der Waals surface area contributed by atoms with Crippen molar-refractivity contribution in [2.75, 3.05) is 11.9 Å². The van der Waals surface area contributed by atoms with Crippen LogP contribution in [0.5, 0.6) is 11.5 Å². The zero-order valence-corrected chi connectivity index (χ0v) is 21.5. The van der Waals surface area contributed by atoms with E-state index < -0.39 is 5.91 Å². The number of nitriles is 1. The Kier molecular flexibility index (Phi) is 8.75. The van der Waals surface area contributed by atoms with Crippen LogP contribution in [-0.4, -0.2) is 12.5 Å². The first-order valence-corrected chi connectivity index (χ1v) is 11.8. The summed E-state index contributed by atoms with van der Waals surface area (Å²) in [6, 6.07) is 18.5. The number of nitrogens with zero attached hydrogens (tertiary/aromatic N) is 1. The minimum Gasteiger partial charge on any atom is -0.490 e. The first-order chi connectivity index (χ1) is 16.3. The monoisotopic (exact) mass is 538 g/mol. The summed E-state index contributed by atoms with van der Waals surface area (Å²) in [5, 5.41) is 12.6. The van der Waals surface area contributed by atoms with E-state index in [1.165, 1.54) is 17.2 Å². The largest absolute Gasteiger partial charge is 0.490 e. The predicted octanol–water partition coefficient (Wildman–Crippen LogP) is 7.24. The molecule has 0 saturated heterocycles. The number of anilines is 1. The molecule has 0 aliphatic rings. The molecule has 0 aliphatic carbocycles. The second-order valence-corrected chi connectivity index (χ2v) is 8.92. The van der Waals surface area contributed by atoms with Crippen LogP contribution in [0.3, 0.4) is 0 Å². The van der Waals surface area contributed by atoms with Gasteiger partial charge in [-0.1, -0.05) is 45.7 Å². The van der Waals surface area contributed by atoms with Gasteiger partial charge >= 0.3 is 0 Å². The topological polar surface area (TPSA) is 71.3 Å². The van der Waals surface area contributed by atoms with Crippen LogP contribution in [0.4, 0.5) is 5.69 Å². The number of hydrogen-bond donors (Lipinski definition) is 1. The van der Waals surface area contributed by atoms with Gasteiger partial charge in [0.25, 0.3) is 5.91 Å². The van der Waals surface area contributed by atoms with E-state index in [1.54, 1.807) is 36.4 Å². The normalized spacial score (nSPS) is 11.0. The molecule has 3 aromatic carbocycles. The van der Waals surface area contributed by atoms with Gasteiger partial charge in [-0.3, -0.25) is 4.79 Å². The average molecular weight is 540 g/mol. The molecule has 3 aromatic rings. The van der Waals surface area contributed by atoms with E-state index in [4.69, 9.17) is 21.1 Å². The summed E-state index contributed by atoms with van der Waals surface area (Å²) in [5.41, 5.74) is 4.48. The summed E-state index contributed by atoms with van der Waals surface area (Å²) in [5.74, 6) is 0.335. The molecule has 0 bridgehead atoms. The van der Waals surface area contributed by atoms with Gasteiger partial charge in [0.2, 0.25) is 0 Å². The van der Waals surface area contributed by atoms with E-state index in [0.717, 1.165) is 10.0 Å². The maximum Gasteiger partial charge on any atom is 0.266 e. The van der Waals surface area contributed by atoms with Crippen LogP contribution in [0.1, 0.15) is 29.2 Å². The van der Waals surface area contributed by atoms with E-state index in [2.05, 4.69) is 47.2 Å². The van der Waals surface area contributed by atoms with Crippen molar-refractivity contribution in [3.05, 3.63) is 91.9 Å². The number of ether oxygens (including phenoxy) is 2. The smallest absolute Gasteiger partial charge is 0.266 e. The number of nitrogens with one attached hydrogen (secondary N) is 1. The van der Waals surface area contributed by atoms with E-state index in [-0.39, 0.29) is 5.57 Å². The second kappa shape index (κ2) is 11.7. The summed E-state index contributed by atoms with van der Waals surface area (Å²) < 4.78 is 12.6. The molecular weight excluding hydrogens is 516 g/mol. The molecule has 0 atom stereocenters. The highest BCUT2D eigenvalue weighted by molar-refractivity contribution is 9.10. The van der Waals surface area contributed by atoms with Crippen LogP contribution in [-0.2, 0) is 11.4 Å². The van der Waals surface area contributed by atoms with Crippen LogP contribution < -0.4 is 14.8 Å². The predicted molar refractivity (Wildman–Crippen MR) is 139 cm³/mol. The lowest BCUT2D eigenvalue weighted by atomic mass is 10.1. The fraction of sp³-hybridized carbons (Fsp3) is 0.185. The number of hydrogen-bond acceptors (Lipinski definition) is 4. The van der Waals surface area contributed by atoms with Gasteiger partial charge in [-0.15, -0.1) is 0 Å². The first kappa shape index (κ1) is 25.4. The van der Waals surface area contributed by atoms with Gasteiger partial charge in [0.1, 0.15) is 18.2 Å². The van der Waals surface area contributed by atoms with Gasteiger partial charge in [-0.25, -0.2) is 0 Å². The fourth-order valence-corrected chi connectivity index (χ4v) is 3.71. The van der Waals surface area contributed by atoms with Gasteiger partial charge < -0.3 is 14.8 Å². The van der Waals surface area contributed by atoms with Gasteiger partial charge in [0, 0.05) is 10.2 Å². The number of carbonyl (C=O) groups excluding carboxylic acids is 1. The van der Waals surface area contributed by atoms with Gasteiger partial charge in [0.15, 0.2) is 11.5 Å². The van der Waals surface area contributed by atoms with Crippen molar-refractivity contribution in [1.29, 1.82) is 5.26 Å². The molecule has 0 radical (unpaired) electrons. The summed E-state index contributed by atoms with van der Waals surface area (Å²) in [6.45, 7) is 6.70. The van der Waals surface area contributed by atoms with Crippen LogP contribution in [0, 0.1) is 25.2 Å². The van der Waals surface area contributed by atoms with Crippen LogP contribution in [0.25, 0.3) is 6.08 Å². The Bertz CT molecular complexity index is 1260. The van der Waals surface area contributed by atoms with Gasteiger partial charge in [0.05, 0.1) is 11.6 Å². The third-order valence-electron chi connectivity index (χ3n) is 5.06. The number of carbonyl (C=O) groups is 1. The van der Waals surface area contributed by atoms with Crippen molar-refractivity contribution in [2.24, 2.45) is 0 Å². The summed E-state index contributed by atoms with van der Waals surface area (Å²) in [6.07, 6.45) is 1.47. The minimum atomic E-state index is -0.519. The Morgan fingerprint density at radius 2 is 1.82 bits per heavy atom. The van der Waals surface area contributed by atoms with Crippen LogP contribution >= 0.6 is 27.5 Å². The van der Waals surface area contributed by atoms with E-state index in [1.807, 2.05) is 19.1 Å². The van der Waals surface area contributed by atoms with Crippen molar-refractivity contribution in [3.8, 4) is 17.6 Å². The highest BCUT2D eigenvalue weighted by Gasteiger charge is 2.15. The van der Waals surface area contributed by atoms with Crippen LogP contribution in [0.15, 0.2) is 64.6 Å². The second-order valence-electron chi connectivity index (χ2n) is 7.60. The molecule has 5 nitrogen and oxygen atoms in total. The number of aryl methyl sites for hydroxylation is 2. The quantitative estimate of drug-likeness (QED) is 0.242. The summed E-state index contributed by atoms with van der Waals surface area (Å²) in [7, 11) is 0. The zero-order valence-electron chi connectivity index (χ0n) is 19.1. The standard InChI is InChI=1S/C27H24BrClN2O3/c1-4-33-25-14-20(12-21(15-30)27(32)31-23-9-7-22(28)8-10-23)13-24(29)26(25)34-16-19-6-5-17(2)18(3)11-19/h5-14H,4,16H2,1-3H3,(H,31,32)/b21-12+. The lowest BCUT2D eigenvalue weighted by Crippen LogP contribution is -2.13. The van der Waals surface area contributed by atoms with E-state index >= 15 is 0 Å². The summed E-state index contributed by atoms with van der Waals surface area (Å²) in [4.78, 5) is 12.6. The lowest BCUT2D eigenvalue weighted by Gasteiger charge is -2.15. The third-order valence-corrected chi connectivity index (χ3v) is 5.87. The minimum absolute atomic E-state index is 0.0646. The van der Waals surface area contributed by atoms with Gasteiger partial charge in [-0.2, -0.15) is 5.26 Å². The molecule has 3 rings (SSSR count). The van der Waals surface area contributed by atoms with Gasteiger partial charge in [-0.05, 0) is 85.5 Å². The summed E-state index contributed by atoms with van der Waals surface area (Å²) >= 11 is 9.87. The molecule has 0 spiro atoms. The molecular formula is C27H24BrClN2O3. The molecule has 1 N–H and O–H groups in total. The highest BCUT2D eigenvalue weighted by Crippen LogP contribution is 2.38. The maximum absolute atomic E-state index is 12.6. The fourth-order valence-electron chi connectivity index (χ4n) is 3.17. The number of rotatable bonds is 8. The molecule has 0 aromatic heterocycles. The Balaban J connectivity index is 1.84. The van der Waals surface area contributed by atoms with E-state index in [0.29, 0.717) is 41.0 Å². The van der Waals surface area contributed by atoms with Crippen LogP contribution in [0.2, 0.25) is 5.02 Å². The number of halogens is 2. The molecule has 0 aliphatic heterocycles. The highest BCUT2D eigenvalue weighted by atomic mass is 79.9.